The Morgan fingerprint density at radius 2 is 1.74 bits per heavy atom. The van der Waals surface area contributed by atoms with Crippen LogP contribution in [0.3, 0.4) is 0 Å². The molecule has 0 saturated carbocycles. The molecule has 168 valence electrons. The second kappa shape index (κ2) is 10.3. The van der Waals surface area contributed by atoms with Crippen molar-refractivity contribution in [2.24, 2.45) is 0 Å². The number of carbonyl (C=O) groups is 2. The van der Waals surface area contributed by atoms with Crippen LogP contribution in [0.5, 0.6) is 5.75 Å². The number of halogens is 1. The van der Waals surface area contributed by atoms with Gasteiger partial charge in [-0.25, -0.2) is 12.8 Å². The SMILES string of the molecule is CNC(=O)[C@@H](C)N(Cc1ccccc1F)C(=O)CN(c1ccccc1OC)S(C)(=O)=O. The van der Waals surface area contributed by atoms with Crippen molar-refractivity contribution in [3.05, 3.63) is 59.9 Å². The first-order valence-electron chi connectivity index (χ1n) is 9.45. The molecule has 8 nitrogen and oxygen atoms in total. The summed E-state index contributed by atoms with van der Waals surface area (Å²) in [4.78, 5) is 26.6. The summed E-state index contributed by atoms with van der Waals surface area (Å²) in [6.45, 7) is 0.698. The van der Waals surface area contributed by atoms with E-state index in [1.807, 2.05) is 0 Å². The first kappa shape index (κ1) is 24.1. The fraction of sp³-hybridized carbons (Fsp3) is 0.333. The largest absolute Gasteiger partial charge is 0.495 e. The Labute approximate surface area is 181 Å². The first-order chi connectivity index (χ1) is 14.6. The molecular weight excluding hydrogens is 425 g/mol. The normalized spacial score (nSPS) is 12.0. The van der Waals surface area contributed by atoms with Gasteiger partial charge in [0.25, 0.3) is 0 Å². The van der Waals surface area contributed by atoms with Crippen LogP contribution in [0.15, 0.2) is 48.5 Å². The Hall–Kier alpha value is -3.14. The summed E-state index contributed by atoms with van der Waals surface area (Å²) < 4.78 is 45.3. The molecule has 0 heterocycles. The number of nitrogens with one attached hydrogen (secondary N) is 1. The van der Waals surface area contributed by atoms with Gasteiger partial charge in [-0.1, -0.05) is 30.3 Å². The number of methoxy groups -OCH3 is 1. The fourth-order valence-corrected chi connectivity index (χ4v) is 3.89. The average Bonchev–Trinajstić information content (AvgIpc) is 2.74. The fourth-order valence-electron chi connectivity index (χ4n) is 3.03. The summed E-state index contributed by atoms with van der Waals surface area (Å²) in [7, 11) is -1.07. The van der Waals surface area contributed by atoms with Gasteiger partial charge in [0.1, 0.15) is 24.2 Å². The van der Waals surface area contributed by atoms with E-state index in [0.29, 0.717) is 0 Å². The van der Waals surface area contributed by atoms with E-state index in [2.05, 4.69) is 5.32 Å². The number of nitrogens with zero attached hydrogens (tertiary/aromatic N) is 2. The van der Waals surface area contributed by atoms with E-state index in [9.17, 15) is 22.4 Å². The van der Waals surface area contributed by atoms with E-state index in [4.69, 9.17) is 4.74 Å². The van der Waals surface area contributed by atoms with Crippen LogP contribution in [0.25, 0.3) is 0 Å². The van der Waals surface area contributed by atoms with Gasteiger partial charge in [-0.15, -0.1) is 0 Å². The second-order valence-corrected chi connectivity index (χ2v) is 8.75. The Morgan fingerprint density at radius 1 is 1.13 bits per heavy atom. The molecule has 10 heteroatoms. The zero-order valence-electron chi connectivity index (χ0n) is 17.8. The average molecular weight is 452 g/mol. The Morgan fingerprint density at radius 3 is 2.32 bits per heavy atom. The third-order valence-electron chi connectivity index (χ3n) is 4.75. The lowest BCUT2D eigenvalue weighted by atomic mass is 10.1. The van der Waals surface area contributed by atoms with Gasteiger partial charge in [0.05, 0.1) is 19.1 Å². The zero-order valence-corrected chi connectivity index (χ0v) is 18.6. The lowest BCUT2D eigenvalue weighted by Gasteiger charge is -2.31. The number of benzene rings is 2. The van der Waals surface area contributed by atoms with E-state index >= 15 is 0 Å². The quantitative estimate of drug-likeness (QED) is 0.627. The van der Waals surface area contributed by atoms with Gasteiger partial charge in [0, 0.05) is 19.2 Å². The maximum Gasteiger partial charge on any atom is 0.244 e. The molecule has 31 heavy (non-hydrogen) atoms. The number of amides is 2. The number of anilines is 1. The van der Waals surface area contributed by atoms with Gasteiger partial charge < -0.3 is 15.0 Å². The van der Waals surface area contributed by atoms with E-state index in [-0.39, 0.29) is 23.5 Å². The molecule has 0 spiro atoms. The molecule has 2 aromatic rings. The predicted octanol–water partition coefficient (Wildman–Crippen LogP) is 1.76. The zero-order chi connectivity index (χ0) is 23.2. The summed E-state index contributed by atoms with van der Waals surface area (Å²) in [6.07, 6.45) is 0.968. The van der Waals surface area contributed by atoms with Gasteiger partial charge in [0.2, 0.25) is 21.8 Å². The number of para-hydroxylation sites is 2. The van der Waals surface area contributed by atoms with E-state index in [1.54, 1.807) is 24.3 Å². The van der Waals surface area contributed by atoms with E-state index < -0.39 is 40.2 Å². The van der Waals surface area contributed by atoms with Crippen LogP contribution in [-0.2, 0) is 26.2 Å². The Balaban J connectivity index is 2.44. The standard InChI is InChI=1S/C21H26FN3O5S/c1-15(21(27)23-2)24(13-16-9-5-6-10-17(16)22)20(26)14-25(31(4,28)29)18-11-7-8-12-19(18)30-3/h5-12,15H,13-14H2,1-4H3,(H,23,27)/t15-/m1/s1. The monoisotopic (exact) mass is 451 g/mol. The summed E-state index contributed by atoms with van der Waals surface area (Å²) >= 11 is 0. The van der Waals surface area contributed by atoms with Crippen molar-refractivity contribution >= 4 is 27.5 Å². The minimum atomic E-state index is -3.88. The van der Waals surface area contributed by atoms with Crippen LogP contribution in [0.2, 0.25) is 0 Å². The highest BCUT2D eigenvalue weighted by Gasteiger charge is 2.31. The molecule has 1 atom stereocenters. The van der Waals surface area contributed by atoms with Gasteiger partial charge in [-0.05, 0) is 25.1 Å². The number of likely N-dealkylation sites (N-methyl/N-ethyl adjacent to an activating group) is 1. The van der Waals surface area contributed by atoms with Crippen molar-refractivity contribution in [3.63, 3.8) is 0 Å². The van der Waals surface area contributed by atoms with Crippen molar-refractivity contribution in [2.45, 2.75) is 19.5 Å². The van der Waals surface area contributed by atoms with Crippen molar-refractivity contribution < 1.29 is 27.1 Å². The number of hydrogen-bond acceptors (Lipinski definition) is 5. The molecule has 0 saturated heterocycles. The third kappa shape index (κ3) is 5.94. The third-order valence-corrected chi connectivity index (χ3v) is 5.87. The van der Waals surface area contributed by atoms with Crippen LogP contribution < -0.4 is 14.4 Å². The Kier molecular flexibility index (Phi) is 7.98. The van der Waals surface area contributed by atoms with Crippen molar-refractivity contribution in [1.29, 1.82) is 0 Å². The van der Waals surface area contributed by atoms with Crippen molar-refractivity contribution in [2.75, 3.05) is 31.3 Å². The van der Waals surface area contributed by atoms with Crippen LogP contribution >= 0.6 is 0 Å². The lowest BCUT2D eigenvalue weighted by molar-refractivity contribution is -0.139. The maximum atomic E-state index is 14.2. The molecule has 2 aromatic carbocycles. The number of rotatable bonds is 9. The smallest absolute Gasteiger partial charge is 0.244 e. The highest BCUT2D eigenvalue weighted by atomic mass is 32.2. The molecule has 2 rings (SSSR count). The van der Waals surface area contributed by atoms with Crippen molar-refractivity contribution in [1.82, 2.24) is 10.2 Å². The summed E-state index contributed by atoms with van der Waals surface area (Å²) in [5, 5.41) is 2.46. The predicted molar refractivity (Wildman–Crippen MR) is 116 cm³/mol. The minimum absolute atomic E-state index is 0.180. The molecule has 0 aromatic heterocycles. The van der Waals surface area contributed by atoms with E-state index in [1.165, 1.54) is 45.3 Å². The number of carbonyl (C=O) groups excluding carboxylic acids is 2. The summed E-state index contributed by atoms with van der Waals surface area (Å²) in [5.74, 6) is -1.40. The van der Waals surface area contributed by atoms with Crippen LogP contribution in [0.4, 0.5) is 10.1 Å². The second-order valence-electron chi connectivity index (χ2n) is 6.84. The molecule has 2 amide bonds. The summed E-state index contributed by atoms with van der Waals surface area (Å²) in [5.41, 5.74) is 0.383. The molecule has 0 aliphatic heterocycles. The summed E-state index contributed by atoms with van der Waals surface area (Å²) in [6, 6.07) is 11.3. The number of sulfonamides is 1. The maximum absolute atomic E-state index is 14.2. The minimum Gasteiger partial charge on any atom is -0.495 e. The van der Waals surface area contributed by atoms with Gasteiger partial charge in [-0.2, -0.15) is 0 Å². The highest BCUT2D eigenvalue weighted by Crippen LogP contribution is 2.29. The molecule has 0 aliphatic carbocycles. The molecule has 0 fully saturated rings. The molecular formula is C21H26FN3O5S. The molecule has 0 radical (unpaired) electrons. The first-order valence-corrected chi connectivity index (χ1v) is 11.3. The topological polar surface area (TPSA) is 96.0 Å². The molecule has 0 aliphatic rings. The van der Waals surface area contributed by atoms with Gasteiger partial charge >= 0.3 is 0 Å². The highest BCUT2D eigenvalue weighted by molar-refractivity contribution is 7.92. The van der Waals surface area contributed by atoms with Crippen LogP contribution in [0, 0.1) is 5.82 Å². The van der Waals surface area contributed by atoms with Gasteiger partial charge in [-0.3, -0.25) is 13.9 Å². The van der Waals surface area contributed by atoms with Crippen LogP contribution in [-0.4, -0.2) is 58.1 Å². The number of hydrogen-bond donors (Lipinski definition) is 1. The molecule has 0 unspecified atom stereocenters. The van der Waals surface area contributed by atoms with E-state index in [0.717, 1.165) is 15.5 Å². The van der Waals surface area contributed by atoms with Crippen LogP contribution in [0.1, 0.15) is 12.5 Å². The van der Waals surface area contributed by atoms with Crippen molar-refractivity contribution in [3.8, 4) is 5.75 Å². The lowest BCUT2D eigenvalue weighted by Crippen LogP contribution is -2.50. The van der Waals surface area contributed by atoms with Gasteiger partial charge in [0.15, 0.2) is 0 Å². The molecule has 0 bridgehead atoms. The number of ether oxygens (including phenoxy) is 1. The Bertz CT molecular complexity index is 1040. The molecule has 1 N–H and O–H groups in total.